The Morgan fingerprint density at radius 1 is 1.20 bits per heavy atom. The molecule has 0 heterocycles. The van der Waals surface area contributed by atoms with E-state index >= 15 is 0 Å². The topological polar surface area (TPSA) is 44.5 Å². The molecule has 0 saturated heterocycles. The van der Waals surface area contributed by atoms with Crippen molar-refractivity contribution in [3.8, 4) is 0 Å². The molecule has 0 aromatic heterocycles. The molecule has 1 radical (unpaired) electrons. The predicted molar refractivity (Wildman–Crippen MR) is 64.2 cm³/mol. The molecule has 0 amide bonds. The molecule has 0 atom stereocenters. The van der Waals surface area contributed by atoms with Gasteiger partial charge in [-0.25, -0.2) is 0 Å². The van der Waals surface area contributed by atoms with E-state index in [1.807, 2.05) is 39.0 Å². The van der Waals surface area contributed by atoms with Crippen molar-refractivity contribution in [3.05, 3.63) is 23.8 Å². The van der Waals surface area contributed by atoms with Crippen LogP contribution in [-0.4, -0.2) is 22.5 Å². The first-order valence-electron chi connectivity index (χ1n) is 5.18. The van der Waals surface area contributed by atoms with E-state index in [4.69, 9.17) is 14.6 Å². The zero-order valence-electron chi connectivity index (χ0n) is 9.54. The SMILES string of the molecule is CCO[Si](OCC)c1cccc(N)c1C. The monoisotopic (exact) mass is 224 g/mol. The van der Waals surface area contributed by atoms with Gasteiger partial charge >= 0.3 is 9.28 Å². The average Bonchev–Trinajstić information content (AvgIpc) is 2.22. The van der Waals surface area contributed by atoms with Crippen LogP contribution in [0.2, 0.25) is 0 Å². The maximum absolute atomic E-state index is 5.86. The van der Waals surface area contributed by atoms with Gasteiger partial charge in [0.25, 0.3) is 0 Å². The van der Waals surface area contributed by atoms with Crippen LogP contribution in [0.15, 0.2) is 18.2 Å². The third kappa shape index (κ3) is 3.05. The van der Waals surface area contributed by atoms with Crippen LogP contribution < -0.4 is 10.9 Å². The second-order valence-electron chi connectivity index (χ2n) is 3.17. The second kappa shape index (κ2) is 5.90. The molecule has 1 rings (SSSR count). The van der Waals surface area contributed by atoms with E-state index in [0.29, 0.717) is 13.2 Å². The van der Waals surface area contributed by atoms with Crippen LogP contribution >= 0.6 is 0 Å². The van der Waals surface area contributed by atoms with E-state index < -0.39 is 9.28 Å². The molecule has 0 aliphatic rings. The summed E-state index contributed by atoms with van der Waals surface area (Å²) >= 11 is 0. The summed E-state index contributed by atoms with van der Waals surface area (Å²) in [6.07, 6.45) is 0. The van der Waals surface area contributed by atoms with Gasteiger partial charge in [0.15, 0.2) is 0 Å². The van der Waals surface area contributed by atoms with Gasteiger partial charge in [-0.1, -0.05) is 12.1 Å². The normalized spacial score (nSPS) is 10.9. The molecule has 83 valence electrons. The smallest absolute Gasteiger partial charge is 0.399 e. The summed E-state index contributed by atoms with van der Waals surface area (Å²) in [6.45, 7) is 7.30. The first-order valence-corrected chi connectivity index (χ1v) is 6.50. The van der Waals surface area contributed by atoms with Crippen molar-refractivity contribution >= 4 is 20.2 Å². The van der Waals surface area contributed by atoms with Crippen molar-refractivity contribution in [2.45, 2.75) is 20.8 Å². The molecule has 0 spiro atoms. The summed E-state index contributed by atoms with van der Waals surface area (Å²) < 4.78 is 11.3. The number of hydrogen-bond acceptors (Lipinski definition) is 3. The number of benzene rings is 1. The molecule has 0 aliphatic carbocycles. The molecule has 0 saturated carbocycles. The van der Waals surface area contributed by atoms with E-state index in [0.717, 1.165) is 16.4 Å². The third-order valence-electron chi connectivity index (χ3n) is 2.15. The molecule has 0 aliphatic heterocycles. The number of anilines is 1. The van der Waals surface area contributed by atoms with E-state index in [1.165, 1.54) is 0 Å². The Morgan fingerprint density at radius 2 is 1.80 bits per heavy atom. The van der Waals surface area contributed by atoms with Gasteiger partial charge in [-0.3, -0.25) is 0 Å². The highest BCUT2D eigenvalue weighted by molar-refractivity contribution is 6.62. The first kappa shape index (κ1) is 12.2. The predicted octanol–water partition coefficient (Wildman–Crippen LogP) is 1.35. The lowest BCUT2D eigenvalue weighted by Gasteiger charge is -2.16. The van der Waals surface area contributed by atoms with Gasteiger partial charge in [0.1, 0.15) is 0 Å². The Kier molecular flexibility index (Phi) is 4.81. The van der Waals surface area contributed by atoms with Gasteiger partial charge in [0.05, 0.1) is 0 Å². The maximum atomic E-state index is 5.86. The van der Waals surface area contributed by atoms with Crippen LogP contribution in [0.25, 0.3) is 0 Å². The first-order chi connectivity index (χ1) is 7.20. The average molecular weight is 224 g/mol. The lowest BCUT2D eigenvalue weighted by atomic mass is 10.2. The molecule has 0 bridgehead atoms. The minimum absolute atomic E-state index is 0.669. The summed E-state index contributed by atoms with van der Waals surface area (Å²) in [5.41, 5.74) is 7.73. The highest BCUT2D eigenvalue weighted by atomic mass is 28.3. The molecule has 2 N–H and O–H groups in total. The van der Waals surface area contributed by atoms with Crippen molar-refractivity contribution in [1.82, 2.24) is 0 Å². The summed E-state index contributed by atoms with van der Waals surface area (Å²) in [6, 6.07) is 5.88. The number of rotatable bonds is 5. The number of nitrogens with two attached hydrogens (primary N) is 1. The van der Waals surface area contributed by atoms with Gasteiger partial charge < -0.3 is 14.6 Å². The summed E-state index contributed by atoms with van der Waals surface area (Å²) in [4.78, 5) is 0. The second-order valence-corrected chi connectivity index (χ2v) is 4.86. The Hall–Kier alpha value is -0.843. The van der Waals surface area contributed by atoms with Crippen molar-refractivity contribution in [3.63, 3.8) is 0 Å². The molecule has 1 aromatic rings. The van der Waals surface area contributed by atoms with Crippen molar-refractivity contribution in [1.29, 1.82) is 0 Å². The maximum Gasteiger partial charge on any atom is 0.423 e. The van der Waals surface area contributed by atoms with Crippen LogP contribution in [0, 0.1) is 6.92 Å². The van der Waals surface area contributed by atoms with E-state index in [1.54, 1.807) is 0 Å². The molecule has 15 heavy (non-hydrogen) atoms. The van der Waals surface area contributed by atoms with Gasteiger partial charge in [-0.05, 0) is 32.4 Å². The van der Waals surface area contributed by atoms with Gasteiger partial charge in [-0.2, -0.15) is 0 Å². The Bertz CT molecular complexity index is 311. The number of nitrogen functional groups attached to an aromatic ring is 1. The molecule has 0 fully saturated rings. The fraction of sp³-hybridized carbons (Fsp3) is 0.455. The van der Waals surface area contributed by atoms with Crippen LogP contribution in [0.3, 0.4) is 0 Å². The quantitative estimate of drug-likeness (QED) is 0.606. The van der Waals surface area contributed by atoms with E-state index in [9.17, 15) is 0 Å². The Morgan fingerprint density at radius 3 is 2.33 bits per heavy atom. The number of hydrogen-bond donors (Lipinski definition) is 1. The molecule has 1 aromatic carbocycles. The summed E-state index contributed by atoms with van der Waals surface area (Å²) in [5, 5.41) is 1.11. The van der Waals surface area contributed by atoms with E-state index in [2.05, 4.69) is 0 Å². The van der Waals surface area contributed by atoms with Crippen LogP contribution in [0.1, 0.15) is 19.4 Å². The van der Waals surface area contributed by atoms with Gasteiger partial charge in [0.2, 0.25) is 0 Å². The third-order valence-corrected chi connectivity index (χ3v) is 4.23. The lowest BCUT2D eigenvalue weighted by Crippen LogP contribution is -2.39. The van der Waals surface area contributed by atoms with Crippen LogP contribution in [0.5, 0.6) is 0 Å². The van der Waals surface area contributed by atoms with E-state index in [-0.39, 0.29) is 0 Å². The van der Waals surface area contributed by atoms with Gasteiger partial charge in [0, 0.05) is 24.1 Å². The molecule has 4 heteroatoms. The fourth-order valence-corrected chi connectivity index (χ4v) is 2.94. The Balaban J connectivity index is 2.94. The van der Waals surface area contributed by atoms with Crippen LogP contribution in [-0.2, 0) is 8.85 Å². The minimum Gasteiger partial charge on any atom is -0.399 e. The molecule has 0 unspecified atom stereocenters. The molecular formula is C11H18NO2Si. The van der Waals surface area contributed by atoms with Gasteiger partial charge in [-0.15, -0.1) is 0 Å². The van der Waals surface area contributed by atoms with Crippen molar-refractivity contribution in [2.24, 2.45) is 0 Å². The van der Waals surface area contributed by atoms with Crippen LogP contribution in [0.4, 0.5) is 5.69 Å². The molecule has 3 nitrogen and oxygen atoms in total. The lowest BCUT2D eigenvalue weighted by molar-refractivity contribution is 0.225. The summed E-state index contributed by atoms with van der Waals surface area (Å²) in [5.74, 6) is 0. The fourth-order valence-electron chi connectivity index (χ4n) is 1.33. The molecular weight excluding hydrogens is 206 g/mol. The van der Waals surface area contributed by atoms with Crippen molar-refractivity contribution in [2.75, 3.05) is 18.9 Å². The zero-order chi connectivity index (χ0) is 11.3. The standard InChI is InChI=1S/C11H18NO2Si/c1-4-13-15(14-5-2)11-8-6-7-10(12)9(11)3/h6-8H,4-5,12H2,1-3H3. The summed E-state index contributed by atoms with van der Waals surface area (Å²) in [7, 11) is -1.36. The zero-order valence-corrected chi connectivity index (χ0v) is 10.5. The highest BCUT2D eigenvalue weighted by Crippen LogP contribution is 2.08. The highest BCUT2D eigenvalue weighted by Gasteiger charge is 2.20. The van der Waals surface area contributed by atoms with Crippen molar-refractivity contribution < 1.29 is 8.85 Å². The Labute approximate surface area is 93.0 Å². The minimum atomic E-state index is -1.36. The largest absolute Gasteiger partial charge is 0.423 e.